The molecule has 0 unspecified atom stereocenters. The van der Waals surface area contributed by atoms with E-state index in [4.69, 9.17) is 0 Å². The van der Waals surface area contributed by atoms with Crippen LogP contribution in [0.15, 0.2) is 35.6 Å². The summed E-state index contributed by atoms with van der Waals surface area (Å²) in [5.74, 6) is 1.84. The fourth-order valence-electron chi connectivity index (χ4n) is 6.48. The molecule has 6 atom stereocenters. The van der Waals surface area contributed by atoms with Crippen molar-refractivity contribution in [3.05, 3.63) is 35.6 Å². The van der Waals surface area contributed by atoms with Gasteiger partial charge in [0.2, 0.25) is 0 Å². The molecule has 2 nitrogen and oxygen atoms in total. The average Bonchev–Trinajstić information content (AvgIpc) is 2.76. The van der Waals surface area contributed by atoms with Crippen molar-refractivity contribution in [1.82, 2.24) is 0 Å². The number of fused-ring (bicyclic) bond motifs is 5. The maximum atomic E-state index is 10.9. The molecule has 4 aliphatic carbocycles. The summed E-state index contributed by atoms with van der Waals surface area (Å²) in [5.41, 5.74) is 2.35. The molecule has 4 aliphatic rings. The highest BCUT2D eigenvalue weighted by Crippen LogP contribution is 2.66. The predicted molar refractivity (Wildman–Crippen MR) is 92.9 cm³/mol. The van der Waals surface area contributed by atoms with E-state index in [-0.39, 0.29) is 10.8 Å². The lowest BCUT2D eigenvalue weighted by Gasteiger charge is -2.59. The van der Waals surface area contributed by atoms with Crippen LogP contribution in [0.4, 0.5) is 0 Å². The molecular formula is C21H30O2. The highest BCUT2D eigenvalue weighted by molar-refractivity contribution is 5.32. The van der Waals surface area contributed by atoms with Crippen LogP contribution in [0, 0.1) is 28.6 Å². The smallest absolute Gasteiger partial charge is 0.0858 e. The zero-order chi connectivity index (χ0) is 16.5. The topological polar surface area (TPSA) is 40.5 Å². The lowest BCUT2D eigenvalue weighted by Crippen LogP contribution is -2.54. The Labute approximate surface area is 140 Å². The largest absolute Gasteiger partial charge is 0.516 e. The van der Waals surface area contributed by atoms with Gasteiger partial charge in [-0.05, 0) is 74.2 Å². The molecule has 0 aromatic carbocycles. The fraction of sp³-hybridized carbons (Fsp3) is 0.714. The molecule has 0 saturated heterocycles. The first-order valence-electron chi connectivity index (χ1n) is 9.25. The molecule has 4 rings (SSSR count). The first-order valence-corrected chi connectivity index (χ1v) is 9.25. The molecule has 0 aromatic heterocycles. The average molecular weight is 314 g/mol. The molecule has 0 heterocycles. The van der Waals surface area contributed by atoms with Crippen LogP contribution >= 0.6 is 0 Å². The van der Waals surface area contributed by atoms with Gasteiger partial charge < -0.3 is 10.2 Å². The minimum atomic E-state index is -0.664. The Kier molecular flexibility index (Phi) is 3.20. The van der Waals surface area contributed by atoms with Gasteiger partial charge in [-0.1, -0.05) is 37.6 Å². The summed E-state index contributed by atoms with van der Waals surface area (Å²) in [6.45, 7) is 6.71. The van der Waals surface area contributed by atoms with Crippen molar-refractivity contribution in [1.29, 1.82) is 0 Å². The van der Waals surface area contributed by atoms with Crippen LogP contribution in [-0.4, -0.2) is 15.8 Å². The Morgan fingerprint density at radius 2 is 2.00 bits per heavy atom. The van der Waals surface area contributed by atoms with Gasteiger partial charge in [-0.3, -0.25) is 0 Å². The van der Waals surface area contributed by atoms with E-state index in [1.54, 1.807) is 5.57 Å². The van der Waals surface area contributed by atoms with E-state index in [9.17, 15) is 10.2 Å². The molecule has 2 heteroatoms. The van der Waals surface area contributed by atoms with Crippen LogP contribution < -0.4 is 0 Å². The van der Waals surface area contributed by atoms with Crippen LogP contribution in [0.1, 0.15) is 59.3 Å². The third kappa shape index (κ3) is 1.91. The zero-order valence-electron chi connectivity index (χ0n) is 14.7. The van der Waals surface area contributed by atoms with Gasteiger partial charge in [0.1, 0.15) is 0 Å². The van der Waals surface area contributed by atoms with E-state index < -0.39 is 5.60 Å². The molecule has 2 fully saturated rings. The highest BCUT2D eigenvalue weighted by Gasteiger charge is 2.60. The maximum absolute atomic E-state index is 10.9. The number of aliphatic hydroxyl groups excluding tert-OH is 1. The van der Waals surface area contributed by atoms with Gasteiger partial charge >= 0.3 is 0 Å². The summed E-state index contributed by atoms with van der Waals surface area (Å²) in [5, 5.41) is 20.4. The van der Waals surface area contributed by atoms with Gasteiger partial charge in [-0.25, -0.2) is 0 Å². The fourth-order valence-corrected chi connectivity index (χ4v) is 6.48. The van der Waals surface area contributed by atoms with Gasteiger partial charge in [0.05, 0.1) is 11.9 Å². The van der Waals surface area contributed by atoms with E-state index in [0.717, 1.165) is 19.3 Å². The number of hydrogen-bond donors (Lipinski definition) is 2. The Hall–Kier alpha value is -1.02. The van der Waals surface area contributed by atoms with Crippen LogP contribution in [0.3, 0.4) is 0 Å². The standard InChI is InChI=1S/C21H30O2/c1-19-12-14(13-22)4-5-15(19)6-7-16-17(19)8-10-20(2)18(16)9-11-21(20,3)23/h5,9,11,13,16-18,22-23H,4,6-8,10,12H2,1-3H3/b14-13-/t16-,17+,18+,19+,20+,21+/m1/s1. The van der Waals surface area contributed by atoms with Crippen molar-refractivity contribution >= 4 is 0 Å². The van der Waals surface area contributed by atoms with Gasteiger partial charge in [0.25, 0.3) is 0 Å². The summed E-state index contributed by atoms with van der Waals surface area (Å²) < 4.78 is 0. The maximum Gasteiger partial charge on any atom is 0.0858 e. The van der Waals surface area contributed by atoms with Gasteiger partial charge in [0, 0.05) is 5.41 Å². The molecule has 0 aliphatic heterocycles. The predicted octanol–water partition coefficient (Wildman–Crippen LogP) is 4.92. The van der Waals surface area contributed by atoms with Crippen molar-refractivity contribution in [3.63, 3.8) is 0 Å². The van der Waals surface area contributed by atoms with E-state index in [1.165, 1.54) is 31.1 Å². The number of allylic oxidation sites excluding steroid dienone is 4. The normalized spacial score (nSPS) is 53.5. The van der Waals surface area contributed by atoms with Gasteiger partial charge in [-0.2, -0.15) is 0 Å². The summed E-state index contributed by atoms with van der Waals surface area (Å²) in [6.07, 6.45) is 14.8. The Balaban J connectivity index is 1.71. The first kappa shape index (κ1) is 15.5. The lowest BCUT2D eigenvalue weighted by atomic mass is 9.46. The van der Waals surface area contributed by atoms with Gasteiger partial charge in [0.15, 0.2) is 0 Å². The number of rotatable bonds is 0. The van der Waals surface area contributed by atoms with Crippen molar-refractivity contribution in [2.45, 2.75) is 64.9 Å². The summed E-state index contributed by atoms with van der Waals surface area (Å²) in [4.78, 5) is 0. The van der Waals surface area contributed by atoms with Crippen LogP contribution in [0.5, 0.6) is 0 Å². The molecule has 0 bridgehead atoms. The zero-order valence-corrected chi connectivity index (χ0v) is 14.7. The number of aliphatic hydroxyl groups is 2. The minimum Gasteiger partial charge on any atom is -0.516 e. The monoisotopic (exact) mass is 314 g/mol. The molecule has 0 spiro atoms. The van der Waals surface area contributed by atoms with Crippen LogP contribution in [-0.2, 0) is 0 Å². The van der Waals surface area contributed by atoms with Crippen LogP contribution in [0.2, 0.25) is 0 Å². The molecule has 0 amide bonds. The summed E-state index contributed by atoms with van der Waals surface area (Å²) in [6, 6.07) is 0. The Morgan fingerprint density at radius 1 is 1.22 bits per heavy atom. The summed E-state index contributed by atoms with van der Waals surface area (Å²) in [7, 11) is 0. The second-order valence-corrected chi connectivity index (χ2v) is 9.11. The van der Waals surface area contributed by atoms with E-state index in [2.05, 4.69) is 32.1 Å². The van der Waals surface area contributed by atoms with E-state index in [1.807, 2.05) is 6.92 Å². The van der Waals surface area contributed by atoms with Crippen LogP contribution in [0.25, 0.3) is 0 Å². The van der Waals surface area contributed by atoms with E-state index >= 15 is 0 Å². The molecular weight excluding hydrogens is 284 g/mol. The number of hydrogen-bond acceptors (Lipinski definition) is 2. The molecule has 0 radical (unpaired) electrons. The molecule has 23 heavy (non-hydrogen) atoms. The van der Waals surface area contributed by atoms with Crippen molar-refractivity contribution < 1.29 is 10.2 Å². The van der Waals surface area contributed by atoms with E-state index in [0.29, 0.717) is 17.8 Å². The third-order valence-corrected chi connectivity index (χ3v) is 8.16. The van der Waals surface area contributed by atoms with Gasteiger partial charge in [-0.15, -0.1) is 0 Å². The molecule has 0 aromatic rings. The SMILES string of the molecule is C[C@]12C/C(=C\O)CC=C1CC[C@@H]1[C@@H]2CC[C@@]2(C)[C@H]1C=C[C@]2(C)O. The lowest BCUT2D eigenvalue weighted by molar-refractivity contribution is -0.104. The molecule has 2 N–H and O–H groups in total. The Morgan fingerprint density at radius 3 is 2.74 bits per heavy atom. The third-order valence-electron chi connectivity index (χ3n) is 8.16. The molecule has 126 valence electrons. The highest BCUT2D eigenvalue weighted by atomic mass is 16.3. The second-order valence-electron chi connectivity index (χ2n) is 9.11. The summed E-state index contributed by atoms with van der Waals surface area (Å²) >= 11 is 0. The molecule has 2 saturated carbocycles. The first-order chi connectivity index (χ1) is 10.8. The van der Waals surface area contributed by atoms with Crippen molar-refractivity contribution in [2.75, 3.05) is 0 Å². The van der Waals surface area contributed by atoms with Crippen molar-refractivity contribution in [2.24, 2.45) is 28.6 Å². The second kappa shape index (κ2) is 4.75. The quantitative estimate of drug-likeness (QED) is 0.492. The van der Waals surface area contributed by atoms with Crippen molar-refractivity contribution in [3.8, 4) is 0 Å². The minimum absolute atomic E-state index is 0.00391. The Bertz CT molecular complexity index is 611.